The normalized spacial score (nSPS) is 15.9. The topological polar surface area (TPSA) is 89.1 Å². The van der Waals surface area contributed by atoms with Crippen LogP contribution in [0.4, 0.5) is 11.5 Å². The highest BCUT2D eigenvalue weighted by molar-refractivity contribution is 6.00. The van der Waals surface area contributed by atoms with Gasteiger partial charge in [-0.3, -0.25) is 4.79 Å². The number of nitrogen functional groups attached to an aromatic ring is 1. The smallest absolute Gasteiger partial charge is 0.244 e. The van der Waals surface area contributed by atoms with Crippen LogP contribution in [-0.2, 0) is 0 Å². The Bertz CT molecular complexity index is 628. The number of piperazine rings is 1. The quantitative estimate of drug-likeness (QED) is 0.755. The SMILES string of the molecule is CC(=O)n1ncc2c(N3CCNCC3)c(N)ncc21. The number of hydrogen-bond donors (Lipinski definition) is 2. The number of anilines is 2. The minimum absolute atomic E-state index is 0.132. The second-order valence-electron chi connectivity index (χ2n) is 4.60. The maximum Gasteiger partial charge on any atom is 0.244 e. The highest BCUT2D eigenvalue weighted by Gasteiger charge is 2.19. The molecule has 0 amide bonds. The summed E-state index contributed by atoms with van der Waals surface area (Å²) >= 11 is 0. The fraction of sp³-hybridized carbons (Fsp3) is 0.417. The van der Waals surface area contributed by atoms with Crippen molar-refractivity contribution >= 4 is 28.3 Å². The van der Waals surface area contributed by atoms with E-state index < -0.39 is 0 Å². The summed E-state index contributed by atoms with van der Waals surface area (Å²) in [6, 6.07) is 0. The molecule has 3 N–H and O–H groups in total. The highest BCUT2D eigenvalue weighted by Crippen LogP contribution is 2.31. The molecule has 0 bridgehead atoms. The number of nitrogens with one attached hydrogen (secondary N) is 1. The van der Waals surface area contributed by atoms with Gasteiger partial charge in [0.1, 0.15) is 5.82 Å². The molecular formula is C12H16N6O. The average Bonchev–Trinajstić information content (AvgIpc) is 2.83. The van der Waals surface area contributed by atoms with E-state index in [1.54, 1.807) is 12.4 Å². The largest absolute Gasteiger partial charge is 0.382 e. The number of carbonyl (C=O) groups excluding carboxylic acids is 1. The van der Waals surface area contributed by atoms with Gasteiger partial charge >= 0.3 is 0 Å². The molecule has 3 heterocycles. The molecule has 2 aromatic heterocycles. The number of nitrogens with two attached hydrogens (primary N) is 1. The summed E-state index contributed by atoms with van der Waals surface area (Å²) in [5.41, 5.74) is 7.59. The van der Waals surface area contributed by atoms with E-state index in [0.29, 0.717) is 11.3 Å². The second-order valence-corrected chi connectivity index (χ2v) is 4.60. The van der Waals surface area contributed by atoms with Gasteiger partial charge in [0.15, 0.2) is 0 Å². The first-order valence-corrected chi connectivity index (χ1v) is 6.27. The summed E-state index contributed by atoms with van der Waals surface area (Å²) in [5, 5.41) is 8.30. The first-order chi connectivity index (χ1) is 9.18. The summed E-state index contributed by atoms with van der Waals surface area (Å²) in [4.78, 5) is 17.9. The predicted octanol–water partition coefficient (Wildman–Crippen LogP) is 0.0832. The van der Waals surface area contributed by atoms with Crippen LogP contribution in [0.5, 0.6) is 0 Å². The number of pyridine rings is 1. The van der Waals surface area contributed by atoms with E-state index in [4.69, 9.17) is 5.73 Å². The van der Waals surface area contributed by atoms with Crippen LogP contribution in [0.15, 0.2) is 12.4 Å². The van der Waals surface area contributed by atoms with E-state index >= 15 is 0 Å². The minimum atomic E-state index is -0.132. The van der Waals surface area contributed by atoms with Gasteiger partial charge in [0.2, 0.25) is 5.91 Å². The Morgan fingerprint density at radius 2 is 2.11 bits per heavy atom. The van der Waals surface area contributed by atoms with Gasteiger partial charge in [0.25, 0.3) is 0 Å². The van der Waals surface area contributed by atoms with Crippen LogP contribution >= 0.6 is 0 Å². The van der Waals surface area contributed by atoms with Crippen molar-refractivity contribution in [2.24, 2.45) is 0 Å². The number of fused-ring (bicyclic) bond motifs is 1. The van der Waals surface area contributed by atoms with Crippen molar-refractivity contribution in [1.82, 2.24) is 20.1 Å². The minimum Gasteiger partial charge on any atom is -0.382 e. The average molecular weight is 260 g/mol. The maximum absolute atomic E-state index is 11.5. The molecule has 7 heteroatoms. The predicted molar refractivity (Wildman–Crippen MR) is 73.3 cm³/mol. The van der Waals surface area contributed by atoms with Crippen molar-refractivity contribution in [3.63, 3.8) is 0 Å². The Morgan fingerprint density at radius 3 is 2.79 bits per heavy atom. The van der Waals surface area contributed by atoms with Crippen LogP contribution in [0, 0.1) is 0 Å². The standard InChI is InChI=1S/C12H16N6O/c1-8(19)18-10-7-15-12(13)11(9(10)6-16-18)17-4-2-14-3-5-17/h6-7,14H,2-5H2,1H3,(H2,13,15). The Labute approximate surface area is 110 Å². The lowest BCUT2D eigenvalue weighted by Gasteiger charge is -2.30. The van der Waals surface area contributed by atoms with Crippen molar-refractivity contribution in [3.05, 3.63) is 12.4 Å². The van der Waals surface area contributed by atoms with Gasteiger partial charge in [-0.25, -0.2) is 4.98 Å². The first-order valence-electron chi connectivity index (χ1n) is 6.27. The summed E-state index contributed by atoms with van der Waals surface area (Å²) in [6.45, 7) is 5.05. The molecule has 100 valence electrons. The van der Waals surface area contributed by atoms with Crippen molar-refractivity contribution in [1.29, 1.82) is 0 Å². The molecular weight excluding hydrogens is 244 g/mol. The summed E-state index contributed by atoms with van der Waals surface area (Å²) in [5.74, 6) is 0.352. The maximum atomic E-state index is 11.5. The van der Waals surface area contributed by atoms with E-state index in [2.05, 4.69) is 20.3 Å². The van der Waals surface area contributed by atoms with E-state index in [1.165, 1.54) is 11.6 Å². The van der Waals surface area contributed by atoms with Gasteiger partial charge in [-0.05, 0) is 0 Å². The summed E-state index contributed by atoms with van der Waals surface area (Å²) in [7, 11) is 0. The summed E-state index contributed by atoms with van der Waals surface area (Å²) < 4.78 is 1.35. The van der Waals surface area contributed by atoms with Gasteiger partial charge in [0, 0.05) is 38.5 Å². The Morgan fingerprint density at radius 1 is 1.37 bits per heavy atom. The molecule has 7 nitrogen and oxygen atoms in total. The van der Waals surface area contributed by atoms with Crippen LogP contribution in [0.3, 0.4) is 0 Å². The molecule has 0 radical (unpaired) electrons. The molecule has 0 saturated carbocycles. The summed E-state index contributed by atoms with van der Waals surface area (Å²) in [6.07, 6.45) is 3.29. The van der Waals surface area contributed by atoms with Gasteiger partial charge < -0.3 is 16.0 Å². The number of rotatable bonds is 1. The van der Waals surface area contributed by atoms with Gasteiger partial charge in [0.05, 0.1) is 23.6 Å². The third-order valence-corrected chi connectivity index (χ3v) is 3.36. The fourth-order valence-electron chi connectivity index (χ4n) is 2.47. The molecule has 19 heavy (non-hydrogen) atoms. The molecule has 0 aliphatic carbocycles. The molecule has 1 fully saturated rings. The lowest BCUT2D eigenvalue weighted by atomic mass is 10.2. The van der Waals surface area contributed by atoms with Crippen LogP contribution in [0.25, 0.3) is 10.9 Å². The Balaban J connectivity index is 2.16. The zero-order valence-corrected chi connectivity index (χ0v) is 10.8. The molecule has 3 rings (SSSR count). The van der Waals surface area contributed by atoms with E-state index in [-0.39, 0.29) is 5.91 Å². The van der Waals surface area contributed by atoms with E-state index in [1.807, 2.05) is 0 Å². The number of nitrogens with zero attached hydrogens (tertiary/aromatic N) is 4. The number of carbonyl (C=O) groups is 1. The van der Waals surface area contributed by atoms with E-state index in [0.717, 1.165) is 37.3 Å². The third-order valence-electron chi connectivity index (χ3n) is 3.36. The monoisotopic (exact) mass is 260 g/mol. The Hall–Kier alpha value is -2.15. The van der Waals surface area contributed by atoms with Crippen LogP contribution in [-0.4, -0.2) is 46.9 Å². The zero-order chi connectivity index (χ0) is 13.4. The highest BCUT2D eigenvalue weighted by atomic mass is 16.2. The van der Waals surface area contributed by atoms with Crippen molar-refractivity contribution < 1.29 is 4.79 Å². The lowest BCUT2D eigenvalue weighted by molar-refractivity contribution is 0.0926. The van der Waals surface area contributed by atoms with Gasteiger partial charge in [-0.15, -0.1) is 0 Å². The van der Waals surface area contributed by atoms with Crippen LogP contribution in [0.1, 0.15) is 11.7 Å². The molecule has 0 aromatic carbocycles. The molecule has 1 aliphatic heterocycles. The molecule has 0 atom stereocenters. The molecule has 0 unspecified atom stereocenters. The van der Waals surface area contributed by atoms with Gasteiger partial charge in [-0.1, -0.05) is 0 Å². The molecule has 0 spiro atoms. The van der Waals surface area contributed by atoms with Crippen LogP contribution in [0.2, 0.25) is 0 Å². The molecule has 2 aromatic rings. The van der Waals surface area contributed by atoms with E-state index in [9.17, 15) is 4.79 Å². The van der Waals surface area contributed by atoms with Crippen molar-refractivity contribution in [2.45, 2.75) is 6.92 Å². The fourth-order valence-corrected chi connectivity index (χ4v) is 2.47. The Kier molecular flexibility index (Phi) is 2.83. The van der Waals surface area contributed by atoms with Gasteiger partial charge in [-0.2, -0.15) is 9.78 Å². The number of hydrogen-bond acceptors (Lipinski definition) is 6. The number of aromatic nitrogens is 3. The van der Waals surface area contributed by atoms with Crippen LogP contribution < -0.4 is 16.0 Å². The van der Waals surface area contributed by atoms with Crippen molar-refractivity contribution in [2.75, 3.05) is 36.8 Å². The third kappa shape index (κ3) is 1.91. The molecule has 1 aliphatic rings. The molecule has 1 saturated heterocycles. The lowest BCUT2D eigenvalue weighted by Crippen LogP contribution is -2.43. The zero-order valence-electron chi connectivity index (χ0n) is 10.8. The van der Waals surface area contributed by atoms with Crippen molar-refractivity contribution in [3.8, 4) is 0 Å². The first kappa shape index (κ1) is 11.9. The second kappa shape index (κ2) is 4.51.